The molecule has 1 aromatic heterocycles. The Balaban J connectivity index is 1.59. The molecule has 2 aromatic rings. The number of hydrogen-bond donors (Lipinski definition) is 1. The van der Waals surface area contributed by atoms with E-state index in [4.69, 9.17) is 9.15 Å². The number of carbonyl (C=O) groups is 3. The molecule has 1 spiro atoms. The summed E-state index contributed by atoms with van der Waals surface area (Å²) in [6, 6.07) is 8.94. The highest BCUT2D eigenvalue weighted by atomic mass is 16.5. The molecule has 4 rings (SSSR count). The van der Waals surface area contributed by atoms with E-state index in [0.29, 0.717) is 12.8 Å². The summed E-state index contributed by atoms with van der Waals surface area (Å²) >= 11 is 0. The van der Waals surface area contributed by atoms with E-state index >= 15 is 0 Å². The molecular formula is C19H18N2O5. The van der Waals surface area contributed by atoms with E-state index in [1.165, 1.54) is 25.0 Å². The van der Waals surface area contributed by atoms with Crippen LogP contribution < -0.4 is 5.32 Å². The lowest BCUT2D eigenvalue weighted by atomic mass is 9.78. The Morgan fingerprint density at radius 2 is 2.04 bits per heavy atom. The fourth-order valence-electron chi connectivity index (χ4n) is 3.74. The molecule has 1 N–H and O–H groups in total. The zero-order chi connectivity index (χ0) is 18.3. The van der Waals surface area contributed by atoms with E-state index in [1.807, 2.05) is 24.3 Å². The minimum absolute atomic E-state index is 0.106. The molecule has 1 atom stereocenters. The van der Waals surface area contributed by atoms with Gasteiger partial charge in [0.25, 0.3) is 5.91 Å². The molecule has 1 aliphatic carbocycles. The van der Waals surface area contributed by atoms with Crippen molar-refractivity contribution in [2.24, 2.45) is 0 Å². The monoisotopic (exact) mass is 354 g/mol. The maximum Gasteiger partial charge on any atom is 0.341 e. The van der Waals surface area contributed by atoms with Gasteiger partial charge in [0.1, 0.15) is 16.9 Å². The molecular weight excluding hydrogens is 336 g/mol. The lowest BCUT2D eigenvalue weighted by Crippen LogP contribution is -2.51. The van der Waals surface area contributed by atoms with Crippen molar-refractivity contribution in [2.75, 3.05) is 7.11 Å². The predicted octanol–water partition coefficient (Wildman–Crippen LogP) is 2.05. The van der Waals surface area contributed by atoms with E-state index in [1.54, 1.807) is 0 Å². The number of methoxy groups -OCH3 is 1. The van der Waals surface area contributed by atoms with Gasteiger partial charge in [0.2, 0.25) is 0 Å². The lowest BCUT2D eigenvalue weighted by Gasteiger charge is -2.32. The molecule has 1 aliphatic heterocycles. The summed E-state index contributed by atoms with van der Waals surface area (Å²) in [6.07, 6.45) is 3.08. The summed E-state index contributed by atoms with van der Waals surface area (Å²) in [7, 11) is 1.27. The van der Waals surface area contributed by atoms with Gasteiger partial charge in [-0.1, -0.05) is 24.3 Å². The van der Waals surface area contributed by atoms with Crippen molar-refractivity contribution in [3.8, 4) is 0 Å². The molecule has 1 saturated heterocycles. The van der Waals surface area contributed by atoms with Crippen LogP contribution in [-0.4, -0.2) is 35.5 Å². The van der Waals surface area contributed by atoms with Crippen LogP contribution >= 0.6 is 0 Å². The molecule has 1 aromatic carbocycles. The zero-order valence-electron chi connectivity index (χ0n) is 14.3. The third kappa shape index (κ3) is 2.47. The largest absolute Gasteiger partial charge is 0.467 e. The lowest BCUT2D eigenvalue weighted by molar-refractivity contribution is -0.132. The molecule has 7 heteroatoms. The van der Waals surface area contributed by atoms with Crippen molar-refractivity contribution < 1.29 is 23.5 Å². The number of hydrogen-bond acceptors (Lipinski definition) is 5. The summed E-state index contributed by atoms with van der Waals surface area (Å²) in [4.78, 5) is 38.4. The van der Waals surface area contributed by atoms with E-state index in [-0.39, 0.29) is 23.8 Å². The van der Waals surface area contributed by atoms with Gasteiger partial charge in [-0.2, -0.15) is 0 Å². The smallest absolute Gasteiger partial charge is 0.341 e. The van der Waals surface area contributed by atoms with Crippen LogP contribution in [0.2, 0.25) is 0 Å². The number of ether oxygens (including phenoxy) is 1. The molecule has 1 unspecified atom stereocenters. The van der Waals surface area contributed by atoms with Gasteiger partial charge in [0.05, 0.1) is 19.9 Å². The summed E-state index contributed by atoms with van der Waals surface area (Å²) in [6.45, 7) is -0.106. The average molecular weight is 354 g/mol. The minimum atomic E-state index is -0.927. The Hall–Kier alpha value is -3.09. The van der Waals surface area contributed by atoms with E-state index in [9.17, 15) is 14.4 Å². The Bertz CT molecular complexity index is 903. The summed E-state index contributed by atoms with van der Waals surface area (Å²) in [5, 5.41) is 2.86. The summed E-state index contributed by atoms with van der Waals surface area (Å²) < 4.78 is 10.0. The number of furan rings is 1. The minimum Gasteiger partial charge on any atom is -0.467 e. The Labute approximate surface area is 149 Å². The SMILES string of the molecule is COC(=O)c1ccoc1CN1C(=O)NC2(CCc3ccccc3C2)C1=O. The molecule has 3 amide bonds. The van der Waals surface area contributed by atoms with E-state index < -0.39 is 17.5 Å². The van der Waals surface area contributed by atoms with E-state index in [2.05, 4.69) is 5.32 Å². The number of carbonyl (C=O) groups excluding carboxylic acids is 3. The van der Waals surface area contributed by atoms with Crippen molar-refractivity contribution in [2.45, 2.75) is 31.3 Å². The number of amides is 3. The van der Waals surface area contributed by atoms with Crippen LogP contribution in [0.5, 0.6) is 0 Å². The number of nitrogens with zero attached hydrogens (tertiary/aromatic N) is 1. The first-order chi connectivity index (χ1) is 12.5. The Morgan fingerprint density at radius 3 is 2.81 bits per heavy atom. The third-order valence-corrected chi connectivity index (χ3v) is 5.13. The number of benzene rings is 1. The molecule has 0 saturated carbocycles. The van der Waals surface area contributed by atoms with Crippen LogP contribution in [0.25, 0.3) is 0 Å². The fourth-order valence-corrected chi connectivity index (χ4v) is 3.74. The molecule has 2 heterocycles. The number of aryl methyl sites for hydroxylation is 1. The van der Waals surface area contributed by atoms with Gasteiger partial charge in [-0.25, -0.2) is 9.59 Å². The number of urea groups is 1. The second-order valence-electron chi connectivity index (χ2n) is 6.60. The molecule has 0 radical (unpaired) electrons. The fraction of sp³-hybridized carbons (Fsp3) is 0.316. The van der Waals surface area contributed by atoms with Crippen molar-refractivity contribution >= 4 is 17.9 Å². The van der Waals surface area contributed by atoms with Gasteiger partial charge in [0.15, 0.2) is 0 Å². The molecule has 1 fully saturated rings. The highest BCUT2D eigenvalue weighted by molar-refractivity contribution is 6.07. The maximum atomic E-state index is 13.1. The van der Waals surface area contributed by atoms with Crippen molar-refractivity contribution in [1.29, 1.82) is 0 Å². The van der Waals surface area contributed by atoms with Crippen molar-refractivity contribution in [1.82, 2.24) is 10.2 Å². The molecule has 134 valence electrons. The second-order valence-corrected chi connectivity index (χ2v) is 6.60. The predicted molar refractivity (Wildman–Crippen MR) is 90.3 cm³/mol. The molecule has 2 aliphatic rings. The number of nitrogens with one attached hydrogen (secondary N) is 1. The number of fused-ring (bicyclic) bond motifs is 1. The normalized spacial score (nSPS) is 21.7. The van der Waals surface area contributed by atoms with Gasteiger partial charge in [-0.05, 0) is 30.0 Å². The number of imide groups is 1. The standard InChI is InChI=1S/C19H18N2O5/c1-25-16(22)14-7-9-26-15(14)11-21-17(23)19(20-18(21)24)8-6-12-4-2-3-5-13(12)10-19/h2-5,7,9H,6,8,10-11H2,1H3,(H,20,24). The van der Waals surface area contributed by atoms with Crippen LogP contribution in [0.1, 0.15) is 33.7 Å². The third-order valence-electron chi connectivity index (χ3n) is 5.13. The highest BCUT2D eigenvalue weighted by Crippen LogP contribution is 2.34. The topological polar surface area (TPSA) is 88.8 Å². The number of rotatable bonds is 3. The first-order valence-electron chi connectivity index (χ1n) is 8.40. The molecule has 7 nitrogen and oxygen atoms in total. The van der Waals surface area contributed by atoms with Crippen molar-refractivity contribution in [3.63, 3.8) is 0 Å². The first kappa shape index (κ1) is 16.4. The first-order valence-corrected chi connectivity index (χ1v) is 8.40. The quantitative estimate of drug-likeness (QED) is 0.673. The number of esters is 1. The van der Waals surface area contributed by atoms with Crippen LogP contribution in [0.3, 0.4) is 0 Å². The molecule has 0 bridgehead atoms. The van der Waals surface area contributed by atoms with Crippen LogP contribution in [-0.2, 0) is 28.9 Å². The van der Waals surface area contributed by atoms with E-state index in [0.717, 1.165) is 16.9 Å². The van der Waals surface area contributed by atoms with Gasteiger partial charge in [-0.15, -0.1) is 0 Å². The van der Waals surface area contributed by atoms with Crippen LogP contribution in [0.15, 0.2) is 41.0 Å². The van der Waals surface area contributed by atoms with Gasteiger partial charge >= 0.3 is 12.0 Å². The van der Waals surface area contributed by atoms with Gasteiger partial charge in [0, 0.05) is 6.42 Å². The molecule has 26 heavy (non-hydrogen) atoms. The summed E-state index contributed by atoms with van der Waals surface area (Å²) in [5.74, 6) is -0.625. The Kier molecular flexibility index (Phi) is 3.79. The van der Waals surface area contributed by atoms with Crippen LogP contribution in [0, 0.1) is 0 Å². The van der Waals surface area contributed by atoms with Gasteiger partial charge in [-0.3, -0.25) is 9.69 Å². The van der Waals surface area contributed by atoms with Gasteiger partial charge < -0.3 is 14.5 Å². The van der Waals surface area contributed by atoms with Crippen molar-refractivity contribution in [3.05, 3.63) is 59.0 Å². The highest BCUT2D eigenvalue weighted by Gasteiger charge is 2.52. The second kappa shape index (κ2) is 6.01. The zero-order valence-corrected chi connectivity index (χ0v) is 14.3. The summed E-state index contributed by atoms with van der Waals surface area (Å²) in [5.41, 5.74) is 1.56. The maximum absolute atomic E-state index is 13.1. The Morgan fingerprint density at radius 1 is 1.27 bits per heavy atom. The van der Waals surface area contributed by atoms with Crippen LogP contribution in [0.4, 0.5) is 4.79 Å². The average Bonchev–Trinajstić information content (AvgIpc) is 3.20.